The van der Waals surface area contributed by atoms with E-state index in [2.05, 4.69) is 0 Å². The maximum Gasteiger partial charge on any atom is 0.193 e. The van der Waals surface area contributed by atoms with Crippen molar-refractivity contribution in [2.45, 2.75) is 76.7 Å². The summed E-state index contributed by atoms with van der Waals surface area (Å²) in [6.07, 6.45) is 2.90. The molecule has 5 aliphatic rings. The van der Waals surface area contributed by atoms with Crippen LogP contribution in [0.5, 0.6) is 0 Å². The van der Waals surface area contributed by atoms with Crippen LogP contribution in [0.3, 0.4) is 0 Å². The van der Waals surface area contributed by atoms with Gasteiger partial charge in [0.15, 0.2) is 23.0 Å². The van der Waals surface area contributed by atoms with Crippen molar-refractivity contribution in [2.24, 2.45) is 28.6 Å². The zero-order valence-electron chi connectivity index (χ0n) is 18.4. The third-order valence-corrected chi connectivity index (χ3v) is 9.03. The summed E-state index contributed by atoms with van der Waals surface area (Å²) in [5.74, 6) is -2.28. The molecule has 9 atom stereocenters. The molecule has 2 N–H and O–H groups in total. The van der Waals surface area contributed by atoms with Crippen LogP contribution in [0.2, 0.25) is 0 Å². The van der Waals surface area contributed by atoms with Crippen molar-refractivity contribution in [2.75, 3.05) is 6.61 Å². The Hall–Kier alpha value is -1.41. The van der Waals surface area contributed by atoms with Gasteiger partial charge in [0.1, 0.15) is 12.8 Å². The molecule has 0 aromatic carbocycles. The highest BCUT2D eigenvalue weighted by atomic mass is 19.1. The first-order chi connectivity index (χ1) is 14.4. The van der Waals surface area contributed by atoms with E-state index in [1.807, 2.05) is 13.8 Å². The normalized spacial score (nSPS) is 52.1. The van der Waals surface area contributed by atoms with Crippen LogP contribution in [0.25, 0.3) is 0 Å². The van der Waals surface area contributed by atoms with E-state index in [1.165, 1.54) is 12.2 Å². The van der Waals surface area contributed by atoms with E-state index in [0.717, 1.165) is 0 Å². The van der Waals surface area contributed by atoms with E-state index in [1.54, 1.807) is 19.9 Å². The molecule has 1 aliphatic heterocycles. The molecule has 4 fully saturated rings. The van der Waals surface area contributed by atoms with Gasteiger partial charge in [-0.3, -0.25) is 9.59 Å². The minimum atomic E-state index is -1.37. The van der Waals surface area contributed by atoms with Crippen LogP contribution < -0.4 is 0 Å². The lowest BCUT2D eigenvalue weighted by Crippen LogP contribution is -2.64. The number of hydrogen-bond donors (Lipinski definition) is 2. The molecule has 1 heterocycles. The molecular formula is C24H31FO6. The lowest BCUT2D eigenvalue weighted by Gasteiger charge is -2.60. The molecule has 8 unspecified atom stereocenters. The van der Waals surface area contributed by atoms with Crippen LogP contribution in [0.4, 0.5) is 4.39 Å². The summed E-state index contributed by atoms with van der Waals surface area (Å²) in [5, 5.41) is 21.3. The van der Waals surface area contributed by atoms with Crippen molar-refractivity contribution in [1.82, 2.24) is 0 Å². The van der Waals surface area contributed by atoms with Crippen LogP contribution in [-0.4, -0.2) is 58.2 Å². The first-order valence-electron chi connectivity index (χ1n) is 11.2. The van der Waals surface area contributed by atoms with E-state index in [9.17, 15) is 19.8 Å². The molecule has 0 radical (unpaired) electrons. The smallest absolute Gasteiger partial charge is 0.193 e. The van der Waals surface area contributed by atoms with Gasteiger partial charge in [-0.25, -0.2) is 4.39 Å². The second-order valence-electron chi connectivity index (χ2n) is 11.0. The predicted molar refractivity (Wildman–Crippen MR) is 109 cm³/mol. The first kappa shape index (κ1) is 21.4. The SMILES string of the molecule is CC1(C)OC2CC3C4CC(F)C5=CC(=O)C=CC5(C)C4C(O)CC3(C)[C@]2(C(=O)CO)O1. The van der Waals surface area contributed by atoms with Gasteiger partial charge in [0, 0.05) is 16.7 Å². The molecule has 0 bridgehead atoms. The second kappa shape index (κ2) is 6.34. The summed E-state index contributed by atoms with van der Waals surface area (Å²) >= 11 is 0. The zero-order chi connectivity index (χ0) is 22.6. The Morgan fingerprint density at radius 2 is 1.97 bits per heavy atom. The molecule has 5 rings (SSSR count). The number of ether oxygens (including phenoxy) is 2. The van der Waals surface area contributed by atoms with Crippen molar-refractivity contribution in [1.29, 1.82) is 0 Å². The van der Waals surface area contributed by atoms with Gasteiger partial charge in [-0.05, 0) is 62.7 Å². The van der Waals surface area contributed by atoms with Crippen molar-refractivity contribution in [3.05, 3.63) is 23.8 Å². The Balaban J connectivity index is 1.62. The number of fused-ring (bicyclic) bond motifs is 7. The molecule has 7 heteroatoms. The number of rotatable bonds is 2. The highest BCUT2D eigenvalue weighted by Crippen LogP contribution is 2.70. The van der Waals surface area contributed by atoms with Gasteiger partial charge in [0.2, 0.25) is 0 Å². The third-order valence-electron chi connectivity index (χ3n) is 9.03. The maximum absolute atomic E-state index is 15.4. The third kappa shape index (κ3) is 2.52. The van der Waals surface area contributed by atoms with Gasteiger partial charge in [-0.2, -0.15) is 0 Å². The highest BCUT2D eigenvalue weighted by molar-refractivity contribution is 6.01. The standard InChI is InChI=1S/C24H31FO6/c1-21(2)30-19-9-14-13-8-16(25)15-7-12(27)5-6-22(15,3)20(13)17(28)10-23(14,4)24(19,31-21)18(29)11-26/h5-7,13-14,16-17,19-20,26,28H,8-11H2,1-4H3/t13?,14?,16?,17?,19?,20?,22?,23?,24-/m1/s1. The van der Waals surface area contributed by atoms with Crippen LogP contribution in [-0.2, 0) is 19.1 Å². The van der Waals surface area contributed by atoms with Crippen molar-refractivity contribution < 1.29 is 33.7 Å². The van der Waals surface area contributed by atoms with Crippen LogP contribution >= 0.6 is 0 Å². The zero-order valence-corrected chi connectivity index (χ0v) is 18.4. The number of ketones is 2. The van der Waals surface area contributed by atoms with E-state index >= 15 is 4.39 Å². The molecule has 4 aliphatic carbocycles. The summed E-state index contributed by atoms with van der Waals surface area (Å²) in [6.45, 7) is 6.65. The Kier molecular flexibility index (Phi) is 4.38. The van der Waals surface area contributed by atoms with Gasteiger partial charge in [0.05, 0.1) is 12.2 Å². The molecule has 170 valence electrons. The Morgan fingerprint density at radius 3 is 2.65 bits per heavy atom. The topological polar surface area (TPSA) is 93.1 Å². The largest absolute Gasteiger partial charge is 0.393 e. The van der Waals surface area contributed by atoms with Gasteiger partial charge in [-0.15, -0.1) is 0 Å². The number of Topliss-reactive ketones (excluding diaryl/α,β-unsaturated/α-hetero) is 1. The van der Waals surface area contributed by atoms with Gasteiger partial charge < -0.3 is 19.7 Å². The number of aliphatic hydroxyl groups is 2. The van der Waals surface area contributed by atoms with Gasteiger partial charge in [-0.1, -0.05) is 19.9 Å². The van der Waals surface area contributed by atoms with Crippen LogP contribution in [0.1, 0.15) is 47.0 Å². The first-order valence-corrected chi connectivity index (χ1v) is 11.2. The number of alkyl halides is 1. The van der Waals surface area contributed by atoms with Gasteiger partial charge >= 0.3 is 0 Å². The van der Waals surface area contributed by atoms with Crippen LogP contribution in [0, 0.1) is 28.6 Å². The minimum Gasteiger partial charge on any atom is -0.393 e. The Labute approximate surface area is 181 Å². The number of carbonyl (C=O) groups excluding carboxylic acids is 2. The highest BCUT2D eigenvalue weighted by Gasteiger charge is 2.77. The van der Waals surface area contributed by atoms with E-state index < -0.39 is 53.0 Å². The van der Waals surface area contributed by atoms with Crippen molar-refractivity contribution in [3.63, 3.8) is 0 Å². The number of allylic oxidation sites excluding steroid dienone is 4. The van der Waals surface area contributed by atoms with E-state index in [-0.39, 0.29) is 36.4 Å². The van der Waals surface area contributed by atoms with E-state index in [4.69, 9.17) is 9.47 Å². The molecule has 0 spiro atoms. The minimum absolute atomic E-state index is 0.125. The average Bonchev–Trinajstić information content (AvgIpc) is 3.08. The van der Waals surface area contributed by atoms with Crippen LogP contribution in [0.15, 0.2) is 23.8 Å². The molecular weight excluding hydrogens is 403 g/mol. The molecule has 0 amide bonds. The molecule has 1 saturated heterocycles. The summed E-state index contributed by atoms with van der Waals surface area (Å²) in [6, 6.07) is 0. The molecule has 3 saturated carbocycles. The Bertz CT molecular complexity index is 910. The number of aliphatic hydroxyl groups excluding tert-OH is 2. The monoisotopic (exact) mass is 434 g/mol. The fourth-order valence-electron chi connectivity index (χ4n) is 8.05. The average molecular weight is 435 g/mol. The van der Waals surface area contributed by atoms with Crippen molar-refractivity contribution in [3.8, 4) is 0 Å². The summed E-state index contributed by atoms with van der Waals surface area (Å²) in [4.78, 5) is 25.1. The molecule has 31 heavy (non-hydrogen) atoms. The summed E-state index contributed by atoms with van der Waals surface area (Å²) < 4.78 is 27.9. The summed E-state index contributed by atoms with van der Waals surface area (Å²) in [5.41, 5.74) is -2.50. The Morgan fingerprint density at radius 1 is 1.26 bits per heavy atom. The molecule has 0 aromatic heterocycles. The molecule has 0 aromatic rings. The number of halogens is 1. The predicted octanol–water partition coefficient (Wildman–Crippen LogP) is 2.27. The quantitative estimate of drug-likeness (QED) is 0.693. The number of carbonyl (C=O) groups is 2. The lowest BCUT2D eigenvalue weighted by atomic mass is 9.46. The number of hydrogen-bond acceptors (Lipinski definition) is 6. The molecule has 6 nitrogen and oxygen atoms in total. The summed E-state index contributed by atoms with van der Waals surface area (Å²) in [7, 11) is 0. The van der Waals surface area contributed by atoms with Gasteiger partial charge in [0.25, 0.3) is 0 Å². The maximum atomic E-state index is 15.4. The van der Waals surface area contributed by atoms with E-state index in [0.29, 0.717) is 12.0 Å². The fraction of sp³-hybridized carbons (Fsp3) is 0.750. The fourth-order valence-corrected chi connectivity index (χ4v) is 8.05. The van der Waals surface area contributed by atoms with Crippen molar-refractivity contribution >= 4 is 11.6 Å². The lowest BCUT2D eigenvalue weighted by molar-refractivity contribution is -0.226. The second-order valence-corrected chi connectivity index (χ2v) is 11.0.